The van der Waals surface area contributed by atoms with E-state index in [1.165, 1.54) is 11.3 Å². The molecule has 1 aromatic heterocycles. The number of benzene rings is 2. The second kappa shape index (κ2) is 5.85. The number of rotatable bonds is 3. The molecule has 2 amide bonds. The first-order valence-corrected chi connectivity index (χ1v) is 9.22. The maximum atomic E-state index is 13.1. The molecular weight excluding hydrogens is 364 g/mol. The lowest BCUT2D eigenvalue weighted by atomic mass is 9.96. The van der Waals surface area contributed by atoms with Gasteiger partial charge < -0.3 is 4.84 Å². The van der Waals surface area contributed by atoms with Crippen molar-refractivity contribution in [3.8, 4) is 0 Å². The summed E-state index contributed by atoms with van der Waals surface area (Å²) in [6.45, 7) is 0. The van der Waals surface area contributed by atoms with E-state index in [-0.39, 0.29) is 11.5 Å². The second-order valence-corrected chi connectivity index (χ2v) is 7.24. The molecule has 7 heteroatoms. The van der Waals surface area contributed by atoms with Crippen LogP contribution in [-0.2, 0) is 14.4 Å². The van der Waals surface area contributed by atoms with Crippen molar-refractivity contribution in [3.63, 3.8) is 0 Å². The Labute approximate surface area is 157 Å². The molecule has 27 heavy (non-hydrogen) atoms. The van der Waals surface area contributed by atoms with Crippen molar-refractivity contribution in [2.24, 2.45) is 11.1 Å². The number of hydrogen-bond acceptors (Lipinski definition) is 6. The zero-order chi connectivity index (χ0) is 18.5. The van der Waals surface area contributed by atoms with Crippen molar-refractivity contribution in [2.45, 2.75) is 6.10 Å². The molecular formula is C20H12N2O4S. The first kappa shape index (κ1) is 15.9. The molecule has 3 heterocycles. The van der Waals surface area contributed by atoms with E-state index in [0.717, 1.165) is 15.7 Å². The maximum absolute atomic E-state index is 13.1. The van der Waals surface area contributed by atoms with Crippen molar-refractivity contribution in [2.75, 3.05) is 4.90 Å². The molecule has 0 aliphatic carbocycles. The van der Waals surface area contributed by atoms with Gasteiger partial charge in [-0.25, -0.2) is 4.90 Å². The number of carbonyl (C=O) groups is 3. The summed E-state index contributed by atoms with van der Waals surface area (Å²) in [5, 5.41) is 7.24. The van der Waals surface area contributed by atoms with Gasteiger partial charge in [-0.1, -0.05) is 47.6 Å². The smallest absolute Gasteiger partial charge is 0.278 e. The number of carbonyl (C=O) groups excluding carboxylic acids is 3. The molecule has 0 bridgehead atoms. The van der Waals surface area contributed by atoms with Crippen molar-refractivity contribution < 1.29 is 19.2 Å². The number of imide groups is 1. The topological polar surface area (TPSA) is 76.0 Å². The van der Waals surface area contributed by atoms with E-state index >= 15 is 0 Å². The van der Waals surface area contributed by atoms with E-state index in [1.54, 1.807) is 29.6 Å². The predicted molar refractivity (Wildman–Crippen MR) is 101 cm³/mol. The highest BCUT2D eigenvalue weighted by atomic mass is 32.1. The lowest BCUT2D eigenvalue weighted by Crippen LogP contribution is -2.34. The van der Waals surface area contributed by atoms with Gasteiger partial charge in [0.25, 0.3) is 5.91 Å². The monoisotopic (exact) mass is 376 g/mol. The molecule has 0 N–H and O–H groups in total. The predicted octanol–water partition coefficient (Wildman–Crippen LogP) is 3.03. The summed E-state index contributed by atoms with van der Waals surface area (Å²) >= 11 is 1.26. The summed E-state index contributed by atoms with van der Waals surface area (Å²) in [7, 11) is 0. The standard InChI is InChI=1S/C20H12N2O4S/c23-17(14-9-4-10-27-14)16-15-18(26-21-16)20(25)22(19(15)24)13-8-3-6-11-5-1-2-7-12(11)13/h1-10,15,18H/t15-,18+/m0/s1. The van der Waals surface area contributed by atoms with Crippen molar-refractivity contribution in [1.82, 2.24) is 0 Å². The third-order valence-corrected chi connectivity index (χ3v) is 5.67. The van der Waals surface area contributed by atoms with Crippen molar-refractivity contribution >= 4 is 51.1 Å². The molecule has 2 atom stereocenters. The highest BCUT2D eigenvalue weighted by molar-refractivity contribution is 7.13. The molecule has 2 aliphatic heterocycles. The van der Waals surface area contributed by atoms with E-state index in [9.17, 15) is 14.4 Å². The Morgan fingerprint density at radius 3 is 2.63 bits per heavy atom. The lowest BCUT2D eigenvalue weighted by molar-refractivity contribution is -0.126. The maximum Gasteiger partial charge on any atom is 0.278 e. The number of ketones is 1. The zero-order valence-electron chi connectivity index (χ0n) is 13.9. The normalized spacial score (nSPS) is 21.3. The molecule has 0 spiro atoms. The van der Waals surface area contributed by atoms with Crippen LogP contribution in [0.3, 0.4) is 0 Å². The SMILES string of the molecule is O=C(C1=NO[C@H]2C(=O)N(c3cccc4ccccc34)C(=O)[C@@H]12)c1cccs1. The Bertz CT molecular complexity index is 1130. The molecule has 0 saturated carbocycles. The Morgan fingerprint density at radius 1 is 1.00 bits per heavy atom. The summed E-state index contributed by atoms with van der Waals surface area (Å²) < 4.78 is 0. The van der Waals surface area contributed by atoms with Gasteiger partial charge in [0.1, 0.15) is 11.6 Å². The van der Waals surface area contributed by atoms with Gasteiger partial charge in [0.15, 0.2) is 0 Å². The first-order valence-electron chi connectivity index (χ1n) is 8.34. The van der Waals surface area contributed by atoms with E-state index in [2.05, 4.69) is 5.16 Å². The van der Waals surface area contributed by atoms with Gasteiger partial charge >= 0.3 is 0 Å². The van der Waals surface area contributed by atoms with Crippen LogP contribution in [0.1, 0.15) is 9.67 Å². The average Bonchev–Trinajstić information content (AvgIpc) is 3.41. The fraction of sp³-hybridized carbons (Fsp3) is 0.100. The fourth-order valence-electron chi connectivity index (χ4n) is 3.54. The van der Waals surface area contributed by atoms with Gasteiger partial charge in [-0.15, -0.1) is 11.3 Å². The van der Waals surface area contributed by atoms with Gasteiger partial charge in [0.05, 0.1) is 10.6 Å². The van der Waals surface area contributed by atoms with Crippen LogP contribution in [0, 0.1) is 5.92 Å². The van der Waals surface area contributed by atoms with Crippen LogP contribution in [0.15, 0.2) is 65.1 Å². The molecule has 3 aromatic rings. The third-order valence-electron chi connectivity index (χ3n) is 4.80. The zero-order valence-corrected chi connectivity index (χ0v) is 14.7. The van der Waals surface area contributed by atoms with Gasteiger partial charge in [0.2, 0.25) is 17.8 Å². The Balaban J connectivity index is 1.56. The summed E-state index contributed by atoms with van der Waals surface area (Å²) in [6, 6.07) is 16.3. The molecule has 0 unspecified atom stereocenters. The highest BCUT2D eigenvalue weighted by Crippen LogP contribution is 2.37. The van der Waals surface area contributed by atoms with Crippen LogP contribution in [0.25, 0.3) is 10.8 Å². The van der Waals surface area contributed by atoms with Gasteiger partial charge in [-0.05, 0) is 22.9 Å². The first-order chi connectivity index (χ1) is 13.2. The van der Waals surface area contributed by atoms with Crippen molar-refractivity contribution in [3.05, 3.63) is 64.9 Å². The van der Waals surface area contributed by atoms with Crippen LogP contribution >= 0.6 is 11.3 Å². The van der Waals surface area contributed by atoms with Gasteiger partial charge in [-0.2, -0.15) is 0 Å². The summed E-state index contributed by atoms with van der Waals surface area (Å²) in [6.07, 6.45) is -1.09. The molecule has 0 radical (unpaired) electrons. The average molecular weight is 376 g/mol. The van der Waals surface area contributed by atoms with Crippen LogP contribution < -0.4 is 4.90 Å². The quantitative estimate of drug-likeness (QED) is 0.520. The number of hydrogen-bond donors (Lipinski definition) is 0. The molecule has 1 saturated heterocycles. The van der Waals surface area contributed by atoms with E-state index < -0.39 is 23.8 Å². The summed E-state index contributed by atoms with van der Waals surface area (Å²) in [5.41, 5.74) is 0.479. The van der Waals surface area contributed by atoms with Gasteiger partial charge in [0, 0.05) is 5.39 Å². The second-order valence-electron chi connectivity index (χ2n) is 6.30. The minimum Gasteiger partial charge on any atom is -0.381 e. The minimum atomic E-state index is -1.09. The van der Waals surface area contributed by atoms with Crippen LogP contribution in [0.5, 0.6) is 0 Å². The number of thiophene rings is 1. The number of anilines is 1. The third kappa shape index (κ3) is 2.25. The summed E-state index contributed by atoms with van der Waals surface area (Å²) in [5.74, 6) is -2.37. The van der Waals surface area contributed by atoms with Crippen molar-refractivity contribution in [1.29, 1.82) is 0 Å². The molecule has 132 valence electrons. The largest absolute Gasteiger partial charge is 0.381 e. The van der Waals surface area contributed by atoms with E-state index in [4.69, 9.17) is 4.84 Å². The fourth-order valence-corrected chi connectivity index (χ4v) is 4.21. The lowest BCUT2D eigenvalue weighted by Gasteiger charge is -2.17. The van der Waals surface area contributed by atoms with Crippen LogP contribution in [0.2, 0.25) is 0 Å². The number of oxime groups is 1. The number of nitrogens with zero attached hydrogens (tertiary/aromatic N) is 2. The van der Waals surface area contributed by atoms with E-state index in [0.29, 0.717) is 10.6 Å². The van der Waals surface area contributed by atoms with Crippen LogP contribution in [0.4, 0.5) is 5.69 Å². The number of amides is 2. The Hall–Kier alpha value is -3.32. The Kier molecular flexibility index (Phi) is 3.45. The number of fused-ring (bicyclic) bond motifs is 2. The Morgan fingerprint density at radius 2 is 1.81 bits per heavy atom. The molecule has 2 aliphatic rings. The van der Waals surface area contributed by atoms with E-state index in [1.807, 2.05) is 30.3 Å². The molecule has 6 nitrogen and oxygen atoms in total. The highest BCUT2D eigenvalue weighted by Gasteiger charge is 2.57. The summed E-state index contributed by atoms with van der Waals surface area (Å²) in [4.78, 5) is 45.5. The van der Waals surface area contributed by atoms with Gasteiger partial charge in [-0.3, -0.25) is 14.4 Å². The molecule has 2 aromatic carbocycles. The van der Waals surface area contributed by atoms with Crippen LogP contribution in [-0.4, -0.2) is 29.4 Å². The number of Topliss-reactive ketones (excluding diaryl/α,β-unsaturated/α-hetero) is 1. The molecule has 5 rings (SSSR count). The minimum absolute atomic E-state index is 0.0106. The molecule has 1 fully saturated rings.